The highest BCUT2D eigenvalue weighted by atomic mass is 15.2. The third-order valence-electron chi connectivity index (χ3n) is 3.92. The van der Waals surface area contributed by atoms with Crippen molar-refractivity contribution in [2.45, 2.75) is 32.2 Å². The summed E-state index contributed by atoms with van der Waals surface area (Å²) in [6.07, 6.45) is 5.37. The molecule has 3 rings (SSSR count). The molecule has 0 bridgehead atoms. The number of benzene rings is 1. The first-order valence-electron chi connectivity index (χ1n) is 7.56. The summed E-state index contributed by atoms with van der Waals surface area (Å²) in [5.74, 6) is 1.08. The van der Waals surface area contributed by atoms with Gasteiger partial charge in [-0.25, -0.2) is 9.97 Å². The number of hydrogen-bond donors (Lipinski definition) is 1. The van der Waals surface area contributed by atoms with Crippen LogP contribution >= 0.6 is 0 Å². The summed E-state index contributed by atoms with van der Waals surface area (Å²) in [5.41, 5.74) is 1.03. The van der Waals surface area contributed by atoms with Gasteiger partial charge in [0.25, 0.3) is 0 Å². The molecule has 4 heteroatoms. The molecule has 1 saturated heterocycles. The number of nitrogens with zero attached hydrogens (tertiary/aromatic N) is 3. The second kappa shape index (κ2) is 6.18. The maximum atomic E-state index is 4.55. The zero-order valence-corrected chi connectivity index (χ0v) is 12.0. The van der Waals surface area contributed by atoms with E-state index in [1.807, 2.05) is 6.07 Å². The van der Waals surface area contributed by atoms with Gasteiger partial charge in [-0.15, -0.1) is 0 Å². The standard InChI is InChI=1S/C16H22N4/c1-2-10-20(11-13-6-5-9-17-13)16-14-7-3-4-8-15(14)18-12-19-16/h3-4,7-8,12-13,17H,2,5-6,9-11H2,1H3. The first-order valence-corrected chi connectivity index (χ1v) is 7.56. The van der Waals surface area contributed by atoms with E-state index in [0.29, 0.717) is 6.04 Å². The predicted octanol–water partition coefficient (Wildman–Crippen LogP) is 2.60. The van der Waals surface area contributed by atoms with Crippen molar-refractivity contribution in [2.75, 3.05) is 24.5 Å². The SMILES string of the molecule is CCCN(CC1CCCN1)c1ncnc2ccccc12. The zero-order valence-electron chi connectivity index (χ0n) is 12.0. The van der Waals surface area contributed by atoms with E-state index in [0.717, 1.165) is 42.8 Å². The van der Waals surface area contributed by atoms with E-state index in [4.69, 9.17) is 0 Å². The molecule has 0 saturated carbocycles. The average Bonchev–Trinajstić information content (AvgIpc) is 2.99. The van der Waals surface area contributed by atoms with E-state index in [9.17, 15) is 0 Å². The Morgan fingerprint density at radius 3 is 3.00 bits per heavy atom. The second-order valence-electron chi connectivity index (χ2n) is 5.45. The van der Waals surface area contributed by atoms with E-state index in [1.54, 1.807) is 6.33 Å². The van der Waals surface area contributed by atoms with Gasteiger partial charge in [-0.05, 0) is 37.9 Å². The molecule has 1 unspecified atom stereocenters. The summed E-state index contributed by atoms with van der Waals surface area (Å²) in [4.78, 5) is 11.3. The minimum absolute atomic E-state index is 0.593. The van der Waals surface area contributed by atoms with Gasteiger partial charge >= 0.3 is 0 Å². The smallest absolute Gasteiger partial charge is 0.139 e. The summed E-state index contributed by atoms with van der Waals surface area (Å²) in [6.45, 7) is 5.45. The fourth-order valence-corrected chi connectivity index (χ4v) is 2.97. The Labute approximate surface area is 120 Å². The molecule has 0 aliphatic carbocycles. The lowest BCUT2D eigenvalue weighted by Gasteiger charge is -2.27. The zero-order chi connectivity index (χ0) is 13.8. The average molecular weight is 270 g/mol. The molecule has 1 aliphatic heterocycles. The van der Waals surface area contributed by atoms with Crippen molar-refractivity contribution in [3.05, 3.63) is 30.6 Å². The Balaban J connectivity index is 1.91. The Hall–Kier alpha value is -1.68. The molecule has 0 radical (unpaired) electrons. The normalized spacial score (nSPS) is 18.6. The number of anilines is 1. The van der Waals surface area contributed by atoms with Crippen LogP contribution in [0.1, 0.15) is 26.2 Å². The van der Waals surface area contributed by atoms with Crippen molar-refractivity contribution in [1.29, 1.82) is 0 Å². The van der Waals surface area contributed by atoms with Crippen LogP contribution in [0, 0.1) is 0 Å². The number of para-hydroxylation sites is 1. The molecule has 1 aromatic carbocycles. The quantitative estimate of drug-likeness (QED) is 0.906. The number of nitrogens with one attached hydrogen (secondary N) is 1. The Bertz CT molecular complexity index is 558. The topological polar surface area (TPSA) is 41.0 Å². The van der Waals surface area contributed by atoms with Gasteiger partial charge in [0.05, 0.1) is 5.52 Å². The van der Waals surface area contributed by atoms with Crippen LogP contribution < -0.4 is 10.2 Å². The first kappa shape index (κ1) is 13.3. The number of hydrogen-bond acceptors (Lipinski definition) is 4. The molecule has 106 valence electrons. The van der Waals surface area contributed by atoms with Crippen molar-refractivity contribution in [2.24, 2.45) is 0 Å². The monoisotopic (exact) mass is 270 g/mol. The van der Waals surface area contributed by atoms with Crippen molar-refractivity contribution in [3.8, 4) is 0 Å². The van der Waals surface area contributed by atoms with E-state index in [-0.39, 0.29) is 0 Å². The molecule has 4 nitrogen and oxygen atoms in total. The van der Waals surface area contributed by atoms with Crippen molar-refractivity contribution < 1.29 is 0 Å². The van der Waals surface area contributed by atoms with Crippen LogP contribution in [0.15, 0.2) is 30.6 Å². The van der Waals surface area contributed by atoms with Crippen LogP contribution in [0.3, 0.4) is 0 Å². The number of rotatable bonds is 5. The third kappa shape index (κ3) is 2.75. The maximum Gasteiger partial charge on any atom is 0.139 e. The minimum Gasteiger partial charge on any atom is -0.354 e. The highest BCUT2D eigenvalue weighted by Gasteiger charge is 2.19. The van der Waals surface area contributed by atoms with Crippen LogP contribution in [0.4, 0.5) is 5.82 Å². The van der Waals surface area contributed by atoms with Crippen LogP contribution in [-0.4, -0.2) is 35.6 Å². The van der Waals surface area contributed by atoms with Crippen LogP contribution in [0.2, 0.25) is 0 Å². The van der Waals surface area contributed by atoms with Crippen LogP contribution in [0.25, 0.3) is 10.9 Å². The van der Waals surface area contributed by atoms with E-state index in [2.05, 4.69) is 45.3 Å². The Kier molecular flexibility index (Phi) is 4.11. The van der Waals surface area contributed by atoms with Gasteiger partial charge in [-0.1, -0.05) is 19.1 Å². The summed E-state index contributed by atoms with van der Waals surface area (Å²) >= 11 is 0. The lowest BCUT2D eigenvalue weighted by Crippen LogP contribution is -2.38. The molecular weight excluding hydrogens is 248 g/mol. The molecule has 2 heterocycles. The Morgan fingerprint density at radius 1 is 1.30 bits per heavy atom. The molecule has 0 spiro atoms. The second-order valence-corrected chi connectivity index (χ2v) is 5.45. The molecule has 1 aliphatic rings. The minimum atomic E-state index is 0.593. The fourth-order valence-electron chi connectivity index (χ4n) is 2.97. The number of aromatic nitrogens is 2. The van der Waals surface area contributed by atoms with Crippen molar-refractivity contribution >= 4 is 16.7 Å². The molecule has 1 N–H and O–H groups in total. The third-order valence-corrected chi connectivity index (χ3v) is 3.92. The largest absolute Gasteiger partial charge is 0.354 e. The van der Waals surface area contributed by atoms with Crippen molar-refractivity contribution in [3.63, 3.8) is 0 Å². The molecular formula is C16H22N4. The van der Waals surface area contributed by atoms with Crippen LogP contribution in [-0.2, 0) is 0 Å². The van der Waals surface area contributed by atoms with Gasteiger partial charge in [0.2, 0.25) is 0 Å². The molecule has 2 aromatic rings. The predicted molar refractivity (Wildman–Crippen MR) is 83.1 cm³/mol. The number of fused-ring (bicyclic) bond motifs is 1. The Morgan fingerprint density at radius 2 is 2.20 bits per heavy atom. The molecule has 1 fully saturated rings. The summed E-state index contributed by atoms with van der Waals surface area (Å²) in [5, 5.41) is 4.73. The van der Waals surface area contributed by atoms with Gasteiger partial charge in [0.15, 0.2) is 0 Å². The van der Waals surface area contributed by atoms with Gasteiger partial charge in [-0.2, -0.15) is 0 Å². The molecule has 20 heavy (non-hydrogen) atoms. The highest BCUT2D eigenvalue weighted by Crippen LogP contribution is 2.23. The van der Waals surface area contributed by atoms with Gasteiger partial charge in [0.1, 0.15) is 12.1 Å². The lowest BCUT2D eigenvalue weighted by molar-refractivity contribution is 0.576. The highest BCUT2D eigenvalue weighted by molar-refractivity contribution is 5.89. The van der Waals surface area contributed by atoms with Gasteiger partial charge in [0, 0.05) is 24.5 Å². The summed E-state index contributed by atoms with van der Waals surface area (Å²) in [7, 11) is 0. The fraction of sp³-hybridized carbons (Fsp3) is 0.500. The van der Waals surface area contributed by atoms with Crippen LogP contribution in [0.5, 0.6) is 0 Å². The first-order chi connectivity index (χ1) is 9.88. The molecule has 0 amide bonds. The van der Waals surface area contributed by atoms with E-state index >= 15 is 0 Å². The van der Waals surface area contributed by atoms with E-state index in [1.165, 1.54) is 12.8 Å². The maximum absolute atomic E-state index is 4.55. The summed E-state index contributed by atoms with van der Waals surface area (Å²) < 4.78 is 0. The molecule has 1 atom stereocenters. The lowest BCUT2D eigenvalue weighted by atomic mass is 10.2. The summed E-state index contributed by atoms with van der Waals surface area (Å²) in [6, 6.07) is 8.86. The van der Waals surface area contributed by atoms with Crippen molar-refractivity contribution in [1.82, 2.24) is 15.3 Å². The van der Waals surface area contributed by atoms with Gasteiger partial charge in [-0.3, -0.25) is 0 Å². The van der Waals surface area contributed by atoms with Gasteiger partial charge < -0.3 is 10.2 Å². The van der Waals surface area contributed by atoms with E-state index < -0.39 is 0 Å². The molecule has 1 aromatic heterocycles.